The number of para-hydroxylation sites is 1. The topological polar surface area (TPSA) is 55.1 Å². The summed E-state index contributed by atoms with van der Waals surface area (Å²) in [5.74, 6) is 0.835. The fraction of sp³-hybridized carbons (Fsp3) is 0.111. The molecule has 4 nitrogen and oxygen atoms in total. The molecule has 2 aromatic carbocycles. The van der Waals surface area contributed by atoms with Gasteiger partial charge < -0.3 is 9.73 Å². The molecule has 0 bridgehead atoms. The van der Waals surface area contributed by atoms with Gasteiger partial charge in [-0.2, -0.15) is 0 Å². The molecule has 1 N–H and O–H groups in total. The van der Waals surface area contributed by atoms with Crippen molar-refractivity contribution < 1.29 is 9.21 Å². The average molecular weight is 403 g/mol. The zero-order valence-corrected chi connectivity index (χ0v) is 15.4. The van der Waals surface area contributed by atoms with Gasteiger partial charge in [0.2, 0.25) is 5.91 Å². The number of nitrogens with zero attached hydrogens (tertiary/aromatic N) is 1. The Morgan fingerprint density at radius 1 is 1.25 bits per heavy atom. The molecule has 0 aliphatic rings. The lowest BCUT2D eigenvalue weighted by Gasteiger charge is -2.06. The van der Waals surface area contributed by atoms with Crippen molar-refractivity contribution in [3.63, 3.8) is 0 Å². The average Bonchev–Trinajstić information content (AvgIpc) is 3.04. The fourth-order valence-electron chi connectivity index (χ4n) is 2.13. The van der Waals surface area contributed by atoms with Crippen LogP contribution in [0, 0.1) is 6.92 Å². The second-order valence-corrected chi connectivity index (χ2v) is 6.99. The van der Waals surface area contributed by atoms with Crippen molar-refractivity contribution in [1.29, 1.82) is 0 Å². The first-order chi connectivity index (χ1) is 11.6. The molecule has 1 aromatic heterocycles. The molecule has 0 aliphatic carbocycles. The van der Waals surface area contributed by atoms with Crippen molar-refractivity contribution in [2.24, 2.45) is 0 Å². The predicted octanol–water partition coefficient (Wildman–Crippen LogP) is 5.14. The van der Waals surface area contributed by atoms with E-state index in [2.05, 4.69) is 26.2 Å². The van der Waals surface area contributed by atoms with E-state index >= 15 is 0 Å². The molecule has 0 radical (unpaired) electrons. The predicted molar refractivity (Wildman–Crippen MR) is 100 cm³/mol. The smallest absolute Gasteiger partial charge is 0.256 e. The first-order valence-corrected chi connectivity index (χ1v) is 9.10. The molecule has 0 saturated heterocycles. The molecule has 122 valence electrons. The standard InChI is InChI=1S/C18H15BrN2O2S/c1-12-5-2-3-8-15(12)21-17(22)11-24-18-20-10-16(23-18)13-6-4-7-14(19)9-13/h2-10H,11H2,1H3,(H,21,22). The zero-order valence-electron chi connectivity index (χ0n) is 13.0. The van der Waals surface area contributed by atoms with Gasteiger partial charge in [0.25, 0.3) is 5.22 Å². The Bertz CT molecular complexity index is 863. The second kappa shape index (κ2) is 7.68. The molecule has 0 spiro atoms. The fourth-order valence-corrected chi connectivity index (χ4v) is 3.13. The highest BCUT2D eigenvalue weighted by Gasteiger charge is 2.10. The minimum Gasteiger partial charge on any atom is -0.431 e. The number of anilines is 1. The van der Waals surface area contributed by atoms with Crippen LogP contribution in [-0.4, -0.2) is 16.6 Å². The van der Waals surface area contributed by atoms with Crippen molar-refractivity contribution in [1.82, 2.24) is 4.98 Å². The number of halogens is 1. The van der Waals surface area contributed by atoms with E-state index in [-0.39, 0.29) is 11.7 Å². The second-order valence-electron chi connectivity index (χ2n) is 5.15. The number of aryl methyl sites for hydroxylation is 1. The van der Waals surface area contributed by atoms with E-state index in [1.54, 1.807) is 6.20 Å². The Hall–Kier alpha value is -2.05. The van der Waals surface area contributed by atoms with Gasteiger partial charge in [-0.15, -0.1) is 0 Å². The Morgan fingerprint density at radius 2 is 2.08 bits per heavy atom. The van der Waals surface area contributed by atoms with Crippen LogP contribution in [0.2, 0.25) is 0 Å². The maximum atomic E-state index is 12.1. The molecule has 1 amide bonds. The summed E-state index contributed by atoms with van der Waals surface area (Å²) >= 11 is 4.70. The third-order valence-electron chi connectivity index (χ3n) is 3.34. The minimum atomic E-state index is -0.0866. The Morgan fingerprint density at radius 3 is 2.88 bits per heavy atom. The number of nitrogens with one attached hydrogen (secondary N) is 1. The van der Waals surface area contributed by atoms with Crippen LogP contribution in [0.5, 0.6) is 0 Å². The number of hydrogen-bond donors (Lipinski definition) is 1. The highest BCUT2D eigenvalue weighted by molar-refractivity contribution is 9.10. The van der Waals surface area contributed by atoms with Crippen LogP contribution < -0.4 is 5.32 Å². The molecule has 3 rings (SSSR count). The van der Waals surface area contributed by atoms with Gasteiger partial charge in [-0.25, -0.2) is 4.98 Å². The van der Waals surface area contributed by atoms with Crippen molar-refractivity contribution in [2.75, 3.05) is 11.1 Å². The molecular weight excluding hydrogens is 388 g/mol. The van der Waals surface area contributed by atoms with Gasteiger partial charge in [-0.05, 0) is 30.7 Å². The summed E-state index contributed by atoms with van der Waals surface area (Å²) in [5.41, 5.74) is 2.79. The lowest BCUT2D eigenvalue weighted by atomic mass is 10.2. The molecule has 3 aromatic rings. The Labute approximate surface area is 152 Å². The van der Waals surface area contributed by atoms with Crippen LogP contribution in [0.4, 0.5) is 5.69 Å². The SMILES string of the molecule is Cc1ccccc1NC(=O)CSc1ncc(-c2cccc(Br)c2)o1. The van der Waals surface area contributed by atoms with Gasteiger partial charge >= 0.3 is 0 Å². The number of hydrogen-bond acceptors (Lipinski definition) is 4. The van der Waals surface area contributed by atoms with E-state index in [1.807, 2.05) is 55.5 Å². The normalized spacial score (nSPS) is 10.6. The summed E-state index contributed by atoms with van der Waals surface area (Å²) < 4.78 is 6.68. The first-order valence-electron chi connectivity index (χ1n) is 7.32. The van der Waals surface area contributed by atoms with Crippen molar-refractivity contribution in [2.45, 2.75) is 12.1 Å². The lowest BCUT2D eigenvalue weighted by molar-refractivity contribution is -0.113. The maximum Gasteiger partial charge on any atom is 0.256 e. The van der Waals surface area contributed by atoms with Crippen LogP contribution >= 0.6 is 27.7 Å². The summed E-state index contributed by atoms with van der Waals surface area (Å²) in [5, 5.41) is 3.37. The highest BCUT2D eigenvalue weighted by atomic mass is 79.9. The summed E-state index contributed by atoms with van der Waals surface area (Å²) in [6.07, 6.45) is 1.67. The number of benzene rings is 2. The highest BCUT2D eigenvalue weighted by Crippen LogP contribution is 2.27. The number of thioether (sulfide) groups is 1. The van der Waals surface area contributed by atoms with Gasteiger partial charge in [0.1, 0.15) is 0 Å². The number of amides is 1. The molecule has 0 unspecified atom stereocenters. The number of oxazole rings is 1. The zero-order chi connectivity index (χ0) is 16.9. The summed E-state index contributed by atoms with van der Waals surface area (Å²) in [7, 11) is 0. The van der Waals surface area contributed by atoms with Gasteiger partial charge in [0, 0.05) is 15.7 Å². The van der Waals surface area contributed by atoms with E-state index in [9.17, 15) is 4.79 Å². The van der Waals surface area contributed by atoms with Gasteiger partial charge in [-0.1, -0.05) is 58.0 Å². The van der Waals surface area contributed by atoms with E-state index in [0.717, 1.165) is 21.3 Å². The molecule has 0 aliphatic heterocycles. The van der Waals surface area contributed by atoms with Gasteiger partial charge in [0.05, 0.1) is 11.9 Å². The monoisotopic (exact) mass is 402 g/mol. The quantitative estimate of drug-likeness (QED) is 0.599. The van der Waals surface area contributed by atoms with Crippen LogP contribution in [0.15, 0.2) is 68.8 Å². The third-order valence-corrected chi connectivity index (χ3v) is 4.67. The lowest BCUT2D eigenvalue weighted by Crippen LogP contribution is -2.14. The minimum absolute atomic E-state index is 0.0866. The molecule has 0 saturated carbocycles. The van der Waals surface area contributed by atoms with Crippen LogP contribution in [0.3, 0.4) is 0 Å². The third kappa shape index (κ3) is 4.27. The molecule has 1 heterocycles. The Balaban J connectivity index is 1.59. The maximum absolute atomic E-state index is 12.1. The molecule has 0 atom stereocenters. The van der Waals surface area contributed by atoms with Gasteiger partial charge in [0.15, 0.2) is 5.76 Å². The van der Waals surface area contributed by atoms with Crippen molar-refractivity contribution in [3.8, 4) is 11.3 Å². The molecule has 0 fully saturated rings. The van der Waals surface area contributed by atoms with E-state index < -0.39 is 0 Å². The largest absolute Gasteiger partial charge is 0.431 e. The van der Waals surface area contributed by atoms with Crippen molar-refractivity contribution in [3.05, 3.63) is 64.8 Å². The van der Waals surface area contributed by atoms with Crippen molar-refractivity contribution >= 4 is 39.3 Å². The summed E-state index contributed by atoms with van der Waals surface area (Å²) in [4.78, 5) is 16.3. The van der Waals surface area contributed by atoms with E-state index in [0.29, 0.717) is 11.0 Å². The van der Waals surface area contributed by atoms with Gasteiger partial charge in [-0.3, -0.25) is 4.79 Å². The Kier molecular flexibility index (Phi) is 5.37. The number of carbonyl (C=O) groups is 1. The first kappa shape index (κ1) is 16.8. The van der Waals surface area contributed by atoms with Crippen LogP contribution in [-0.2, 0) is 4.79 Å². The number of rotatable bonds is 5. The van der Waals surface area contributed by atoms with Crippen LogP contribution in [0.25, 0.3) is 11.3 Å². The molecule has 24 heavy (non-hydrogen) atoms. The number of carbonyl (C=O) groups excluding carboxylic acids is 1. The number of aromatic nitrogens is 1. The molecular formula is C18H15BrN2O2S. The summed E-state index contributed by atoms with van der Waals surface area (Å²) in [6, 6.07) is 15.5. The van der Waals surface area contributed by atoms with E-state index in [1.165, 1.54) is 11.8 Å². The molecule has 6 heteroatoms. The van der Waals surface area contributed by atoms with Crippen LogP contribution in [0.1, 0.15) is 5.56 Å². The van der Waals surface area contributed by atoms with E-state index in [4.69, 9.17) is 4.42 Å². The summed E-state index contributed by atoms with van der Waals surface area (Å²) in [6.45, 7) is 1.96.